The number of hydrogen-bond acceptors (Lipinski definition) is 20. The SMILES string of the molecule is CC(CO)NCc1cc2cc3c(cc2n1C)CCCc1c-3[nH]c(=O)c(C(=O)O)c1O.CN(CCO)Cc1cc2cc3c(cc2n1C)CCCc1c-3[nH]c(=O)c(C(=O)O)c1O.COCC(C)NCc1cc2cc3c(cc2n1C)CCCc1c-3[nH]c(=O)c(C(=O)O)c1O.Cn1c(CNCCN2CCCC2)cc2cc3c(cc21)CCCc1c-3[nH]c(=O)c(C(=O)O)c1O. The number of carboxylic acid groups (broad SMARTS) is 4. The lowest BCUT2D eigenvalue weighted by Crippen LogP contribution is -2.30. The molecular formula is C92H107N13O19. The molecule has 0 spiro atoms. The Bertz CT molecular complexity index is 6460. The maximum Gasteiger partial charge on any atom is 0.345 e. The molecule has 654 valence electrons. The van der Waals surface area contributed by atoms with Gasteiger partial charge >= 0.3 is 23.9 Å². The first kappa shape index (κ1) is 87.9. The highest BCUT2D eigenvalue weighted by atomic mass is 16.5. The Labute approximate surface area is 711 Å². The van der Waals surface area contributed by atoms with E-state index in [2.05, 4.69) is 128 Å². The molecule has 17 rings (SSSR count). The summed E-state index contributed by atoms with van der Waals surface area (Å²) in [7, 11) is 11.7. The van der Waals surface area contributed by atoms with E-state index >= 15 is 0 Å². The molecule has 1 aliphatic heterocycles. The summed E-state index contributed by atoms with van der Waals surface area (Å²) in [6.45, 7) is 12.5. The molecule has 124 heavy (non-hydrogen) atoms. The molecule has 17 N–H and O–H groups in total. The van der Waals surface area contributed by atoms with Crippen molar-refractivity contribution < 1.29 is 75.0 Å². The van der Waals surface area contributed by atoms with E-state index in [1.807, 2.05) is 58.2 Å². The number of aliphatic hydroxyl groups is 2. The summed E-state index contributed by atoms with van der Waals surface area (Å²) in [4.78, 5) is 111. The van der Waals surface area contributed by atoms with E-state index < -0.39 is 91.4 Å². The van der Waals surface area contributed by atoms with Crippen LogP contribution >= 0.6 is 0 Å². The number of carboxylic acids is 4. The van der Waals surface area contributed by atoms with E-state index in [-0.39, 0.29) is 25.3 Å². The molecule has 2 unspecified atom stereocenters. The number of aromatic hydroxyl groups is 4. The molecule has 12 aromatic rings. The number of aromatic carboxylic acids is 4. The minimum atomic E-state index is -1.44. The number of ether oxygens (including phenoxy) is 1. The van der Waals surface area contributed by atoms with E-state index in [0.29, 0.717) is 103 Å². The normalized spacial score (nSPS) is 14.5. The Hall–Kier alpha value is -12.4. The quantitative estimate of drug-likeness (QED) is 0.0281. The van der Waals surface area contributed by atoms with E-state index in [0.717, 1.165) is 176 Å². The lowest BCUT2D eigenvalue weighted by atomic mass is 9.98. The van der Waals surface area contributed by atoms with Crippen molar-refractivity contribution >= 4 is 67.5 Å². The van der Waals surface area contributed by atoms with Crippen LogP contribution in [0.4, 0.5) is 0 Å². The zero-order chi connectivity index (χ0) is 88.5. The average Bonchev–Trinajstić information content (AvgIpc) is 1.57. The van der Waals surface area contributed by atoms with Gasteiger partial charge in [-0.15, -0.1) is 0 Å². The molecule has 8 aromatic heterocycles. The van der Waals surface area contributed by atoms with Gasteiger partial charge < -0.3 is 115 Å². The van der Waals surface area contributed by atoms with E-state index in [9.17, 15) is 84.3 Å². The summed E-state index contributed by atoms with van der Waals surface area (Å²) in [5.41, 5.74) is 14.8. The summed E-state index contributed by atoms with van der Waals surface area (Å²) < 4.78 is 13.8. The number of aromatic nitrogens is 8. The van der Waals surface area contributed by atoms with Crippen LogP contribution in [0.3, 0.4) is 0 Å². The highest BCUT2D eigenvalue weighted by Crippen LogP contribution is 2.44. The van der Waals surface area contributed by atoms with E-state index in [4.69, 9.17) is 9.84 Å². The monoisotopic (exact) mass is 1700 g/mol. The third kappa shape index (κ3) is 17.5. The van der Waals surface area contributed by atoms with Crippen molar-refractivity contribution in [1.82, 2.24) is 64.0 Å². The minimum absolute atomic E-state index is 0.0110. The van der Waals surface area contributed by atoms with Crippen LogP contribution in [-0.4, -0.2) is 202 Å². The van der Waals surface area contributed by atoms with Gasteiger partial charge in [0.1, 0.15) is 23.0 Å². The number of likely N-dealkylation sites (N-methyl/N-ethyl adjacent to an activating group) is 1. The van der Waals surface area contributed by atoms with Crippen LogP contribution in [-0.2, 0) is 110 Å². The standard InChI is InChI=1S/C25H30N4O4.C23H27N3O5.2C22H25N3O5/c1-28-17(14-26-7-10-29-8-2-3-9-29)11-16-12-19-15(13-20(16)28)5-4-6-18-22(19)27-24(31)21(23(18)30)25(32)33;1-12(11-31-3)24-10-15-7-14-8-17-13(9-18(14)26(15)2)5-4-6-16-20(17)25-22(28)19(21(16)27)23(29)30;1-11(10-26)23-9-14-6-13-7-16-12(8-17(13)25(14)2)4-3-5-15-19(16)24-21(28)18(20(15)27)22(29)30;1-24(6-7-26)11-14-8-13-9-16-12(10-17(13)25(14)2)4-3-5-15-19(16)23-21(28)18(20(15)27)22(29)30/h11-13,26H,2-10,14H2,1H3,(H,32,33)(H2,27,30,31);7-9,12,24H,4-6,10-11H2,1-3H3,(H,29,30)(H2,25,27,28);6-8,11,23,26H,3-5,9-10H2,1-2H3,(H,29,30)(H2,24,27,28);8-10,26H,3-7,11H2,1-2H3,(H,29,30)(H2,23,27,28). The Morgan fingerprint density at radius 3 is 1.05 bits per heavy atom. The Kier molecular flexibility index (Phi) is 26.2. The number of carbonyl (C=O) groups is 4. The van der Waals surface area contributed by atoms with E-state index in [1.165, 1.54) is 31.6 Å². The molecule has 9 heterocycles. The maximum absolute atomic E-state index is 12.4. The molecule has 1 fully saturated rings. The molecule has 0 radical (unpaired) electrons. The van der Waals surface area contributed by atoms with Crippen molar-refractivity contribution in [3.63, 3.8) is 0 Å². The number of benzene rings is 4. The first-order valence-corrected chi connectivity index (χ1v) is 42.0. The number of nitrogens with one attached hydrogen (secondary N) is 7. The number of methoxy groups -OCH3 is 1. The van der Waals surface area contributed by atoms with Gasteiger partial charge in [0.2, 0.25) is 0 Å². The number of H-pyrrole nitrogens is 4. The van der Waals surface area contributed by atoms with E-state index in [1.54, 1.807) is 7.11 Å². The lowest BCUT2D eigenvalue weighted by Gasteiger charge is -2.15. The maximum atomic E-state index is 12.4. The van der Waals surface area contributed by atoms with Crippen LogP contribution in [0.15, 0.2) is 92.0 Å². The molecule has 32 nitrogen and oxygen atoms in total. The minimum Gasteiger partial charge on any atom is -0.506 e. The second-order valence-electron chi connectivity index (χ2n) is 33.2. The predicted octanol–water partition coefficient (Wildman–Crippen LogP) is 8.91. The third-order valence-corrected chi connectivity index (χ3v) is 25.0. The molecule has 32 heteroatoms. The first-order chi connectivity index (χ1) is 59.4. The molecule has 1 saturated heterocycles. The van der Waals surface area contributed by atoms with Crippen molar-refractivity contribution in [2.45, 2.75) is 142 Å². The van der Waals surface area contributed by atoms with Gasteiger partial charge in [-0.05, 0) is 219 Å². The summed E-state index contributed by atoms with van der Waals surface area (Å²) in [5.74, 6) is -7.43. The van der Waals surface area contributed by atoms with Gasteiger partial charge in [0, 0.05) is 204 Å². The Morgan fingerprint density at radius 2 is 0.742 bits per heavy atom. The number of pyridine rings is 4. The van der Waals surface area contributed by atoms with Gasteiger partial charge in [-0.1, -0.05) is 0 Å². The topological polar surface area (TPSA) is 474 Å². The van der Waals surface area contributed by atoms with Gasteiger partial charge in [-0.25, -0.2) is 19.2 Å². The van der Waals surface area contributed by atoms with Crippen molar-refractivity contribution in [2.24, 2.45) is 28.2 Å². The van der Waals surface area contributed by atoms with Crippen LogP contribution < -0.4 is 38.2 Å². The average molecular weight is 1700 g/mol. The smallest absolute Gasteiger partial charge is 0.345 e. The fraction of sp³-hybridized carbons (Fsp3) is 0.391. The van der Waals surface area contributed by atoms with Crippen molar-refractivity contribution in [1.29, 1.82) is 0 Å². The lowest BCUT2D eigenvalue weighted by molar-refractivity contribution is 0.0680. The summed E-state index contributed by atoms with van der Waals surface area (Å²) in [6, 6.07) is 25.2. The van der Waals surface area contributed by atoms with Crippen molar-refractivity contribution in [2.75, 3.05) is 66.7 Å². The fourth-order valence-electron chi connectivity index (χ4n) is 18.3. The molecule has 2 atom stereocenters. The molecule has 0 bridgehead atoms. The third-order valence-electron chi connectivity index (χ3n) is 25.0. The number of hydrogen-bond donors (Lipinski definition) is 17. The highest BCUT2D eigenvalue weighted by molar-refractivity contribution is 5.98. The van der Waals surface area contributed by atoms with Crippen LogP contribution in [0, 0.1) is 0 Å². The summed E-state index contributed by atoms with van der Waals surface area (Å²) in [5, 5.41) is 112. The molecule has 0 amide bonds. The van der Waals surface area contributed by atoms with Gasteiger partial charge in [0.15, 0.2) is 22.3 Å². The number of aromatic amines is 4. The van der Waals surface area contributed by atoms with Crippen molar-refractivity contribution in [3.8, 4) is 68.0 Å². The van der Waals surface area contributed by atoms with Crippen molar-refractivity contribution in [3.05, 3.63) is 204 Å². The second-order valence-corrected chi connectivity index (χ2v) is 33.2. The largest absolute Gasteiger partial charge is 0.506 e. The second kappa shape index (κ2) is 37.0. The Balaban J connectivity index is 0.000000135. The molecule has 4 aromatic carbocycles. The Morgan fingerprint density at radius 1 is 0.435 bits per heavy atom. The zero-order valence-corrected chi connectivity index (χ0v) is 70.8. The number of aliphatic hydroxyl groups excluding tert-OH is 2. The van der Waals surface area contributed by atoms with Gasteiger partial charge in [-0.2, -0.15) is 0 Å². The predicted molar refractivity (Wildman–Crippen MR) is 471 cm³/mol. The molecule has 5 aliphatic rings. The first-order valence-electron chi connectivity index (χ1n) is 42.0. The van der Waals surface area contributed by atoms with Crippen LogP contribution in [0.25, 0.3) is 88.6 Å². The van der Waals surface area contributed by atoms with Crippen LogP contribution in [0.2, 0.25) is 0 Å². The highest BCUT2D eigenvalue weighted by Gasteiger charge is 2.32. The van der Waals surface area contributed by atoms with Crippen LogP contribution in [0.5, 0.6) is 23.0 Å². The summed E-state index contributed by atoms with van der Waals surface area (Å²) in [6.07, 6.45) is 10.6. The fourth-order valence-corrected chi connectivity index (χ4v) is 18.3. The van der Waals surface area contributed by atoms with Gasteiger partial charge in [0.25, 0.3) is 22.2 Å². The van der Waals surface area contributed by atoms with Crippen LogP contribution in [0.1, 0.15) is 161 Å². The number of rotatable bonds is 22. The number of nitrogens with zero attached hydrogens (tertiary/aromatic N) is 6. The zero-order valence-electron chi connectivity index (χ0n) is 70.8. The number of fused-ring (bicyclic) bond motifs is 16. The molecule has 4 aliphatic carbocycles. The number of likely N-dealkylation sites (tertiary alicyclic amines) is 1. The number of aryl methyl sites for hydroxylation is 8. The van der Waals surface area contributed by atoms with Gasteiger partial charge in [0.05, 0.1) is 42.6 Å². The molecule has 0 saturated carbocycles. The molecular weight excluding hydrogens is 1590 g/mol. The van der Waals surface area contributed by atoms with Gasteiger partial charge in [-0.3, -0.25) is 24.1 Å². The summed E-state index contributed by atoms with van der Waals surface area (Å²) >= 11 is 0.